The second kappa shape index (κ2) is 8.23. The third-order valence-electron chi connectivity index (χ3n) is 1.92. The lowest BCUT2D eigenvalue weighted by Gasteiger charge is -2.10. The van der Waals surface area contributed by atoms with Crippen molar-refractivity contribution in [3.8, 4) is 0 Å². The summed E-state index contributed by atoms with van der Waals surface area (Å²) in [5.74, 6) is -0.731. The van der Waals surface area contributed by atoms with Crippen LogP contribution in [0.5, 0.6) is 0 Å². The Bertz CT molecular complexity index is 207. The number of unbranched alkanes of at least 4 members (excludes halogenated alkanes) is 1. The first-order valence-corrected chi connectivity index (χ1v) is 5.30. The Morgan fingerprint density at radius 1 is 1.40 bits per heavy atom. The van der Waals surface area contributed by atoms with E-state index in [9.17, 15) is 9.59 Å². The molecular formula is C10H20N2O3. The molecule has 1 atom stereocenters. The van der Waals surface area contributed by atoms with Gasteiger partial charge in [0.1, 0.15) is 6.54 Å². The molecule has 5 nitrogen and oxygen atoms in total. The maximum atomic E-state index is 11.3. The fraction of sp³-hybridized carbons (Fsp3) is 0.800. The van der Waals surface area contributed by atoms with Gasteiger partial charge >= 0.3 is 5.97 Å². The van der Waals surface area contributed by atoms with E-state index in [1.165, 1.54) is 0 Å². The Kier molecular flexibility index (Phi) is 7.62. The molecular weight excluding hydrogens is 196 g/mol. The molecule has 0 aliphatic heterocycles. The van der Waals surface area contributed by atoms with E-state index < -0.39 is 12.0 Å². The van der Waals surface area contributed by atoms with E-state index in [0.717, 1.165) is 12.8 Å². The molecule has 0 radical (unpaired) electrons. The lowest BCUT2D eigenvalue weighted by molar-refractivity contribution is -0.143. The zero-order valence-corrected chi connectivity index (χ0v) is 9.41. The molecule has 0 saturated heterocycles. The predicted octanol–water partition coefficient (Wildman–Crippen LogP) is 0.183. The lowest BCUT2D eigenvalue weighted by Crippen LogP contribution is -2.42. The van der Waals surface area contributed by atoms with Crippen LogP contribution in [0.4, 0.5) is 0 Å². The van der Waals surface area contributed by atoms with Crippen molar-refractivity contribution in [2.75, 3.05) is 13.2 Å². The Morgan fingerprint density at radius 3 is 2.60 bits per heavy atom. The number of ether oxygens (including phenoxy) is 1. The molecule has 0 rings (SSSR count). The van der Waals surface area contributed by atoms with Crippen LogP contribution in [0.2, 0.25) is 0 Å². The fourth-order valence-corrected chi connectivity index (χ4v) is 1.06. The van der Waals surface area contributed by atoms with E-state index in [1.807, 2.05) is 6.92 Å². The minimum absolute atomic E-state index is 0.105. The smallest absolute Gasteiger partial charge is 0.325 e. The summed E-state index contributed by atoms with van der Waals surface area (Å²) in [6, 6.07) is -0.528. The van der Waals surface area contributed by atoms with Gasteiger partial charge in [0, 0.05) is 0 Å². The van der Waals surface area contributed by atoms with Gasteiger partial charge in [-0.2, -0.15) is 0 Å². The van der Waals surface area contributed by atoms with Crippen molar-refractivity contribution in [1.82, 2.24) is 5.32 Å². The van der Waals surface area contributed by atoms with Crippen molar-refractivity contribution in [3.63, 3.8) is 0 Å². The van der Waals surface area contributed by atoms with E-state index >= 15 is 0 Å². The predicted molar refractivity (Wildman–Crippen MR) is 57.1 cm³/mol. The SMILES string of the molecule is CCCC[C@H](N)C(=O)NCC(=O)OCC. The Morgan fingerprint density at radius 2 is 2.07 bits per heavy atom. The number of carbonyl (C=O) groups is 2. The number of esters is 1. The highest BCUT2D eigenvalue weighted by Crippen LogP contribution is 1.97. The average Bonchev–Trinajstić information content (AvgIpc) is 2.22. The molecule has 5 heteroatoms. The van der Waals surface area contributed by atoms with Crippen LogP contribution in [0.15, 0.2) is 0 Å². The van der Waals surface area contributed by atoms with Gasteiger partial charge in [0.15, 0.2) is 0 Å². The molecule has 0 fully saturated rings. The van der Waals surface area contributed by atoms with Crippen molar-refractivity contribution in [3.05, 3.63) is 0 Å². The van der Waals surface area contributed by atoms with Crippen LogP contribution in [0.1, 0.15) is 33.1 Å². The quantitative estimate of drug-likeness (QED) is 0.595. The summed E-state index contributed by atoms with van der Waals surface area (Å²) in [4.78, 5) is 22.2. The Hall–Kier alpha value is -1.10. The Balaban J connectivity index is 3.68. The van der Waals surface area contributed by atoms with E-state index in [2.05, 4.69) is 10.1 Å². The van der Waals surface area contributed by atoms with Gasteiger partial charge in [-0.05, 0) is 13.3 Å². The van der Waals surface area contributed by atoms with Crippen LogP contribution < -0.4 is 11.1 Å². The minimum Gasteiger partial charge on any atom is -0.465 e. The summed E-state index contributed by atoms with van der Waals surface area (Å²) in [6.07, 6.45) is 2.55. The zero-order valence-electron chi connectivity index (χ0n) is 9.41. The standard InChI is InChI=1S/C10H20N2O3/c1-3-5-6-8(11)10(14)12-7-9(13)15-4-2/h8H,3-7,11H2,1-2H3,(H,12,14)/t8-/m0/s1. The van der Waals surface area contributed by atoms with Crippen LogP contribution in [-0.2, 0) is 14.3 Å². The van der Waals surface area contributed by atoms with E-state index in [0.29, 0.717) is 13.0 Å². The largest absolute Gasteiger partial charge is 0.465 e. The van der Waals surface area contributed by atoms with Crippen molar-refractivity contribution >= 4 is 11.9 Å². The third kappa shape index (κ3) is 6.90. The highest BCUT2D eigenvalue weighted by Gasteiger charge is 2.13. The molecule has 0 heterocycles. The summed E-state index contributed by atoms with van der Waals surface area (Å²) >= 11 is 0. The van der Waals surface area contributed by atoms with Crippen LogP contribution in [0, 0.1) is 0 Å². The van der Waals surface area contributed by atoms with Crippen LogP contribution in [-0.4, -0.2) is 31.1 Å². The summed E-state index contributed by atoms with van der Waals surface area (Å²) in [5.41, 5.74) is 5.60. The maximum absolute atomic E-state index is 11.3. The maximum Gasteiger partial charge on any atom is 0.325 e. The first kappa shape index (κ1) is 13.9. The van der Waals surface area contributed by atoms with Gasteiger partial charge in [-0.3, -0.25) is 9.59 Å². The number of amides is 1. The number of hydrogen-bond acceptors (Lipinski definition) is 4. The van der Waals surface area contributed by atoms with Crippen molar-refractivity contribution in [2.45, 2.75) is 39.2 Å². The number of nitrogens with two attached hydrogens (primary N) is 1. The zero-order chi connectivity index (χ0) is 11.7. The molecule has 0 saturated carbocycles. The van der Waals surface area contributed by atoms with Crippen molar-refractivity contribution in [2.24, 2.45) is 5.73 Å². The van der Waals surface area contributed by atoms with E-state index in [4.69, 9.17) is 5.73 Å². The lowest BCUT2D eigenvalue weighted by atomic mass is 10.1. The van der Waals surface area contributed by atoms with Gasteiger partial charge in [0.2, 0.25) is 5.91 Å². The molecule has 0 bridgehead atoms. The van der Waals surface area contributed by atoms with E-state index in [1.54, 1.807) is 6.92 Å². The number of nitrogens with one attached hydrogen (secondary N) is 1. The van der Waals surface area contributed by atoms with Gasteiger partial charge in [-0.25, -0.2) is 0 Å². The Labute approximate surface area is 90.4 Å². The molecule has 0 aromatic carbocycles. The molecule has 0 aliphatic rings. The molecule has 0 aromatic rings. The topological polar surface area (TPSA) is 81.4 Å². The molecule has 3 N–H and O–H groups in total. The third-order valence-corrected chi connectivity index (χ3v) is 1.92. The summed E-state index contributed by atoms with van der Waals surface area (Å²) in [6.45, 7) is 3.96. The van der Waals surface area contributed by atoms with Crippen molar-refractivity contribution < 1.29 is 14.3 Å². The van der Waals surface area contributed by atoms with E-state index in [-0.39, 0.29) is 12.5 Å². The van der Waals surface area contributed by atoms with Gasteiger partial charge in [0.25, 0.3) is 0 Å². The van der Waals surface area contributed by atoms with Crippen LogP contribution in [0.25, 0.3) is 0 Å². The summed E-state index contributed by atoms with van der Waals surface area (Å²) in [5, 5.41) is 2.44. The summed E-state index contributed by atoms with van der Waals surface area (Å²) in [7, 11) is 0. The van der Waals surface area contributed by atoms with Gasteiger partial charge in [-0.1, -0.05) is 19.8 Å². The second-order valence-corrected chi connectivity index (χ2v) is 3.27. The molecule has 0 unspecified atom stereocenters. The number of rotatable bonds is 7. The van der Waals surface area contributed by atoms with Crippen molar-refractivity contribution in [1.29, 1.82) is 0 Å². The van der Waals surface area contributed by atoms with Crippen LogP contribution in [0.3, 0.4) is 0 Å². The molecule has 0 aromatic heterocycles. The van der Waals surface area contributed by atoms with Gasteiger partial charge in [-0.15, -0.1) is 0 Å². The van der Waals surface area contributed by atoms with Gasteiger partial charge in [0.05, 0.1) is 12.6 Å². The highest BCUT2D eigenvalue weighted by atomic mass is 16.5. The fourth-order valence-electron chi connectivity index (χ4n) is 1.06. The minimum atomic E-state index is -0.528. The monoisotopic (exact) mass is 216 g/mol. The average molecular weight is 216 g/mol. The highest BCUT2D eigenvalue weighted by molar-refractivity contribution is 5.85. The first-order chi connectivity index (χ1) is 7.11. The molecule has 0 aliphatic carbocycles. The molecule has 0 spiro atoms. The summed E-state index contributed by atoms with van der Waals surface area (Å²) < 4.78 is 4.66. The number of hydrogen-bond donors (Lipinski definition) is 2. The molecule has 15 heavy (non-hydrogen) atoms. The van der Waals surface area contributed by atoms with Gasteiger partial charge < -0.3 is 15.8 Å². The number of carbonyl (C=O) groups excluding carboxylic acids is 2. The molecule has 1 amide bonds. The second-order valence-electron chi connectivity index (χ2n) is 3.27. The van der Waals surface area contributed by atoms with Crippen LogP contribution >= 0.6 is 0 Å². The first-order valence-electron chi connectivity index (χ1n) is 5.30. The normalized spacial score (nSPS) is 11.9. The molecule has 88 valence electrons.